The molecule has 2 rings (SSSR count). The first-order valence-electron chi connectivity index (χ1n) is 6.33. The predicted octanol–water partition coefficient (Wildman–Crippen LogP) is 2.27. The van der Waals surface area contributed by atoms with Gasteiger partial charge in [-0.1, -0.05) is 0 Å². The van der Waals surface area contributed by atoms with E-state index in [1.165, 1.54) is 11.1 Å². The lowest BCUT2D eigenvalue weighted by Crippen LogP contribution is -2.06. The number of aromatic nitrogens is 2. The van der Waals surface area contributed by atoms with Gasteiger partial charge in [-0.15, -0.1) is 0 Å². The summed E-state index contributed by atoms with van der Waals surface area (Å²) < 4.78 is 5.45. The van der Waals surface area contributed by atoms with Crippen molar-refractivity contribution >= 4 is 0 Å². The molecule has 0 atom stereocenters. The lowest BCUT2D eigenvalue weighted by Gasteiger charge is -2.12. The largest absolute Gasteiger partial charge is 0.496 e. The molecule has 0 aliphatic heterocycles. The van der Waals surface area contributed by atoms with Crippen molar-refractivity contribution in [2.75, 3.05) is 13.7 Å². The molecule has 1 aromatic carbocycles. The fraction of sp³-hybridized carbons (Fsp3) is 0.333. The van der Waals surface area contributed by atoms with Crippen LogP contribution in [0, 0.1) is 13.8 Å². The molecule has 2 N–H and O–H groups in total. The summed E-state index contributed by atoms with van der Waals surface area (Å²) in [5.74, 6) is 1.60. The highest BCUT2D eigenvalue weighted by Crippen LogP contribution is 2.31. The van der Waals surface area contributed by atoms with E-state index in [0.717, 1.165) is 22.8 Å². The Kier molecular flexibility index (Phi) is 4.12. The van der Waals surface area contributed by atoms with Crippen LogP contribution < -0.4 is 10.5 Å². The molecule has 0 unspecified atom stereocenters. The highest BCUT2D eigenvalue weighted by molar-refractivity contribution is 5.68. The molecule has 4 heteroatoms. The molecule has 0 radical (unpaired) electrons. The number of nitrogens with two attached hydrogens (primary N) is 1. The molecule has 0 aliphatic carbocycles. The van der Waals surface area contributed by atoms with Gasteiger partial charge in [0.1, 0.15) is 11.6 Å². The van der Waals surface area contributed by atoms with E-state index in [-0.39, 0.29) is 0 Å². The van der Waals surface area contributed by atoms with Crippen LogP contribution in [0.4, 0.5) is 0 Å². The summed E-state index contributed by atoms with van der Waals surface area (Å²) in [6.45, 7) is 4.70. The zero-order valence-corrected chi connectivity index (χ0v) is 11.6. The maximum atomic E-state index is 5.54. The lowest BCUT2D eigenvalue weighted by atomic mass is 10.0. The highest BCUT2D eigenvalue weighted by Gasteiger charge is 2.10. The van der Waals surface area contributed by atoms with Crippen molar-refractivity contribution in [3.63, 3.8) is 0 Å². The summed E-state index contributed by atoms with van der Waals surface area (Å²) in [6, 6.07) is 6.03. The van der Waals surface area contributed by atoms with Gasteiger partial charge in [0.05, 0.1) is 12.8 Å². The summed E-state index contributed by atoms with van der Waals surface area (Å²) in [6.07, 6.45) is 2.45. The molecular formula is C15H19N3O. The molecule has 0 saturated heterocycles. The van der Waals surface area contributed by atoms with E-state index in [4.69, 9.17) is 10.5 Å². The number of hydrogen-bond acceptors (Lipinski definition) is 4. The molecule has 0 bridgehead atoms. The van der Waals surface area contributed by atoms with Gasteiger partial charge < -0.3 is 10.5 Å². The van der Waals surface area contributed by atoms with Crippen LogP contribution in [-0.4, -0.2) is 23.6 Å². The predicted molar refractivity (Wildman–Crippen MR) is 76.3 cm³/mol. The number of methoxy groups -OCH3 is 1. The van der Waals surface area contributed by atoms with Crippen molar-refractivity contribution in [3.8, 4) is 17.0 Å². The number of hydrogen-bond donors (Lipinski definition) is 1. The summed E-state index contributed by atoms with van der Waals surface area (Å²) in [7, 11) is 1.68. The number of aryl methyl sites for hydroxylation is 2. The summed E-state index contributed by atoms with van der Waals surface area (Å²) in [5, 5.41) is 0. The topological polar surface area (TPSA) is 61.0 Å². The van der Waals surface area contributed by atoms with E-state index in [9.17, 15) is 0 Å². The zero-order valence-electron chi connectivity index (χ0n) is 11.6. The second kappa shape index (κ2) is 5.80. The monoisotopic (exact) mass is 257 g/mol. The average molecular weight is 257 g/mol. The minimum absolute atomic E-state index is 0.549. The molecule has 2 aromatic rings. The molecular weight excluding hydrogens is 238 g/mol. The van der Waals surface area contributed by atoms with Gasteiger partial charge in [0.2, 0.25) is 0 Å². The standard InChI is InChI=1S/C15H19N3O/c1-10-8-12(14(19-3)9-11(10)2)13-5-7-17-15(18-13)4-6-16/h5,7-9H,4,6,16H2,1-3H3. The third-order valence-electron chi connectivity index (χ3n) is 3.17. The van der Waals surface area contributed by atoms with E-state index in [1.54, 1.807) is 13.3 Å². The first-order valence-corrected chi connectivity index (χ1v) is 6.33. The molecule has 0 aliphatic rings. The van der Waals surface area contributed by atoms with Gasteiger partial charge in [-0.05, 0) is 49.7 Å². The second-order valence-corrected chi connectivity index (χ2v) is 4.53. The van der Waals surface area contributed by atoms with Crippen LogP contribution in [0.25, 0.3) is 11.3 Å². The molecule has 100 valence electrons. The fourth-order valence-electron chi connectivity index (χ4n) is 1.96. The van der Waals surface area contributed by atoms with Crippen LogP contribution in [0.1, 0.15) is 17.0 Å². The molecule has 0 spiro atoms. The minimum Gasteiger partial charge on any atom is -0.496 e. The molecule has 0 amide bonds. The molecule has 19 heavy (non-hydrogen) atoms. The van der Waals surface area contributed by atoms with E-state index in [1.807, 2.05) is 12.1 Å². The van der Waals surface area contributed by atoms with E-state index in [2.05, 4.69) is 29.9 Å². The van der Waals surface area contributed by atoms with Crippen LogP contribution in [0.3, 0.4) is 0 Å². The van der Waals surface area contributed by atoms with Crippen molar-refractivity contribution in [1.29, 1.82) is 0 Å². The van der Waals surface area contributed by atoms with E-state index >= 15 is 0 Å². The van der Waals surface area contributed by atoms with Crippen LogP contribution in [0.15, 0.2) is 24.4 Å². The summed E-state index contributed by atoms with van der Waals surface area (Å²) in [4.78, 5) is 8.76. The molecule has 4 nitrogen and oxygen atoms in total. The van der Waals surface area contributed by atoms with Gasteiger partial charge in [-0.2, -0.15) is 0 Å². The fourth-order valence-corrected chi connectivity index (χ4v) is 1.96. The number of rotatable bonds is 4. The molecule has 0 fully saturated rings. The Morgan fingerprint density at radius 1 is 1.21 bits per heavy atom. The van der Waals surface area contributed by atoms with Crippen molar-refractivity contribution < 1.29 is 4.74 Å². The second-order valence-electron chi connectivity index (χ2n) is 4.53. The lowest BCUT2D eigenvalue weighted by molar-refractivity contribution is 0.416. The van der Waals surface area contributed by atoms with Gasteiger partial charge in [-0.3, -0.25) is 0 Å². The average Bonchev–Trinajstić information content (AvgIpc) is 2.42. The maximum Gasteiger partial charge on any atom is 0.130 e. The Morgan fingerprint density at radius 3 is 2.63 bits per heavy atom. The normalized spacial score (nSPS) is 10.5. The molecule has 1 aromatic heterocycles. The number of benzene rings is 1. The molecule has 1 heterocycles. The Labute approximate surface area is 113 Å². The quantitative estimate of drug-likeness (QED) is 0.912. The third-order valence-corrected chi connectivity index (χ3v) is 3.17. The third kappa shape index (κ3) is 2.90. The number of nitrogens with zero attached hydrogens (tertiary/aromatic N) is 2. The first kappa shape index (κ1) is 13.5. The van der Waals surface area contributed by atoms with Gasteiger partial charge in [-0.25, -0.2) is 9.97 Å². The first-order chi connectivity index (χ1) is 9.15. The van der Waals surface area contributed by atoms with Crippen LogP contribution in [0.5, 0.6) is 5.75 Å². The molecule has 0 saturated carbocycles. The SMILES string of the molecule is COc1cc(C)c(C)cc1-c1ccnc(CCN)n1. The van der Waals surface area contributed by atoms with Crippen molar-refractivity contribution in [3.05, 3.63) is 41.3 Å². The van der Waals surface area contributed by atoms with Gasteiger partial charge >= 0.3 is 0 Å². The van der Waals surface area contributed by atoms with E-state index < -0.39 is 0 Å². The Bertz CT molecular complexity index is 582. The smallest absolute Gasteiger partial charge is 0.130 e. The van der Waals surface area contributed by atoms with Crippen LogP contribution in [-0.2, 0) is 6.42 Å². The van der Waals surface area contributed by atoms with Gasteiger partial charge in [0, 0.05) is 18.2 Å². The maximum absolute atomic E-state index is 5.54. The van der Waals surface area contributed by atoms with E-state index in [0.29, 0.717) is 13.0 Å². The Morgan fingerprint density at radius 2 is 1.95 bits per heavy atom. The van der Waals surface area contributed by atoms with Crippen molar-refractivity contribution in [2.24, 2.45) is 5.73 Å². The minimum atomic E-state index is 0.549. The van der Waals surface area contributed by atoms with Crippen molar-refractivity contribution in [2.45, 2.75) is 20.3 Å². The summed E-state index contributed by atoms with van der Waals surface area (Å²) in [5.41, 5.74) is 9.83. The summed E-state index contributed by atoms with van der Waals surface area (Å²) >= 11 is 0. The zero-order chi connectivity index (χ0) is 13.8. The highest BCUT2D eigenvalue weighted by atomic mass is 16.5. The number of ether oxygens (including phenoxy) is 1. The van der Waals surface area contributed by atoms with Crippen LogP contribution >= 0.6 is 0 Å². The Hall–Kier alpha value is -1.94. The van der Waals surface area contributed by atoms with Gasteiger partial charge in [0.15, 0.2) is 0 Å². The Balaban J connectivity index is 2.51. The van der Waals surface area contributed by atoms with Crippen LogP contribution in [0.2, 0.25) is 0 Å². The van der Waals surface area contributed by atoms with Gasteiger partial charge in [0.25, 0.3) is 0 Å². The van der Waals surface area contributed by atoms with Crippen molar-refractivity contribution in [1.82, 2.24) is 9.97 Å².